The van der Waals surface area contributed by atoms with Crippen LogP contribution in [0.1, 0.15) is 22.3 Å². The Morgan fingerprint density at radius 2 is 2.12 bits per heavy atom. The van der Waals surface area contributed by atoms with Gasteiger partial charge in [-0.1, -0.05) is 6.07 Å². The highest BCUT2D eigenvalue weighted by Gasteiger charge is 2.03. The van der Waals surface area contributed by atoms with Crippen molar-refractivity contribution in [1.82, 2.24) is 0 Å². The van der Waals surface area contributed by atoms with Crippen molar-refractivity contribution < 1.29 is 0 Å². The van der Waals surface area contributed by atoms with Gasteiger partial charge in [-0.05, 0) is 53.4 Å². The van der Waals surface area contributed by atoms with Gasteiger partial charge in [-0.15, -0.1) is 0 Å². The maximum absolute atomic E-state index is 9.03. The maximum Gasteiger partial charge on any atom is 0.101 e. The van der Waals surface area contributed by atoms with Crippen LogP contribution in [0.25, 0.3) is 0 Å². The van der Waals surface area contributed by atoms with Crippen molar-refractivity contribution in [2.75, 3.05) is 5.32 Å². The molecule has 0 atom stereocenters. The fourth-order valence-electron chi connectivity index (χ4n) is 1.66. The monoisotopic (exact) mass is 242 g/mol. The first-order chi connectivity index (χ1) is 8.20. The SMILES string of the molecule is Cc1ccc(C#N)c(NCc2cscc2C)c1. The van der Waals surface area contributed by atoms with Gasteiger partial charge < -0.3 is 5.32 Å². The molecule has 86 valence electrons. The highest BCUT2D eigenvalue weighted by molar-refractivity contribution is 7.08. The molecule has 0 fully saturated rings. The molecule has 17 heavy (non-hydrogen) atoms. The summed E-state index contributed by atoms with van der Waals surface area (Å²) in [6.45, 7) is 4.91. The zero-order valence-electron chi connectivity index (χ0n) is 9.95. The van der Waals surface area contributed by atoms with Gasteiger partial charge >= 0.3 is 0 Å². The molecule has 0 spiro atoms. The molecule has 0 bridgehead atoms. The van der Waals surface area contributed by atoms with Crippen LogP contribution in [0.5, 0.6) is 0 Å². The molecule has 1 N–H and O–H groups in total. The Kier molecular flexibility index (Phi) is 3.46. The van der Waals surface area contributed by atoms with Crippen LogP contribution in [0.3, 0.4) is 0 Å². The van der Waals surface area contributed by atoms with Gasteiger partial charge in [-0.25, -0.2) is 0 Å². The number of rotatable bonds is 3. The third kappa shape index (κ3) is 2.66. The number of anilines is 1. The molecule has 0 amide bonds. The van der Waals surface area contributed by atoms with E-state index in [-0.39, 0.29) is 0 Å². The topological polar surface area (TPSA) is 35.8 Å². The summed E-state index contributed by atoms with van der Waals surface area (Å²) in [4.78, 5) is 0. The lowest BCUT2D eigenvalue weighted by Gasteiger charge is -2.09. The Hall–Kier alpha value is -1.79. The van der Waals surface area contributed by atoms with E-state index in [1.165, 1.54) is 11.1 Å². The minimum Gasteiger partial charge on any atom is -0.380 e. The molecule has 3 heteroatoms. The Labute approximate surface area is 106 Å². The summed E-state index contributed by atoms with van der Waals surface area (Å²) < 4.78 is 0. The van der Waals surface area contributed by atoms with Crippen LogP contribution in [0.15, 0.2) is 29.0 Å². The average molecular weight is 242 g/mol. The fraction of sp³-hybridized carbons (Fsp3) is 0.214. The largest absolute Gasteiger partial charge is 0.380 e. The number of nitrogens with one attached hydrogen (secondary N) is 1. The summed E-state index contributed by atoms with van der Waals surface area (Å²) in [5.41, 5.74) is 5.36. The third-order valence-corrected chi connectivity index (χ3v) is 3.64. The molecular weight excluding hydrogens is 228 g/mol. The molecule has 0 aliphatic carbocycles. The minimum atomic E-state index is 0.698. The van der Waals surface area contributed by atoms with Gasteiger partial charge in [0, 0.05) is 6.54 Å². The first-order valence-corrected chi connectivity index (χ1v) is 6.41. The minimum absolute atomic E-state index is 0.698. The van der Waals surface area contributed by atoms with Crippen molar-refractivity contribution in [3.8, 4) is 6.07 Å². The van der Waals surface area contributed by atoms with Gasteiger partial charge in [0.15, 0.2) is 0 Å². The van der Waals surface area contributed by atoms with Gasteiger partial charge in [-0.3, -0.25) is 0 Å². The number of aryl methyl sites for hydroxylation is 2. The van der Waals surface area contributed by atoms with Gasteiger partial charge in [-0.2, -0.15) is 16.6 Å². The van der Waals surface area contributed by atoms with E-state index < -0.39 is 0 Å². The second kappa shape index (κ2) is 5.03. The van der Waals surface area contributed by atoms with Crippen LogP contribution in [-0.2, 0) is 6.54 Å². The summed E-state index contributed by atoms with van der Waals surface area (Å²) in [5.74, 6) is 0. The van der Waals surface area contributed by atoms with E-state index in [0.717, 1.165) is 17.8 Å². The van der Waals surface area contributed by atoms with Crippen LogP contribution < -0.4 is 5.32 Å². The lowest BCUT2D eigenvalue weighted by Crippen LogP contribution is -2.01. The molecule has 1 aromatic carbocycles. The molecule has 0 aliphatic rings. The van der Waals surface area contributed by atoms with Crippen molar-refractivity contribution in [1.29, 1.82) is 5.26 Å². The van der Waals surface area contributed by atoms with E-state index in [4.69, 9.17) is 5.26 Å². The van der Waals surface area contributed by atoms with E-state index >= 15 is 0 Å². The lowest BCUT2D eigenvalue weighted by atomic mass is 10.1. The molecule has 1 heterocycles. The molecule has 2 nitrogen and oxygen atoms in total. The predicted octanol–water partition coefficient (Wildman–Crippen LogP) is 3.85. The summed E-state index contributed by atoms with van der Waals surface area (Å²) in [6.07, 6.45) is 0. The Balaban J connectivity index is 2.17. The number of benzene rings is 1. The molecule has 1 aromatic heterocycles. The van der Waals surface area contributed by atoms with E-state index in [9.17, 15) is 0 Å². The number of hydrogen-bond acceptors (Lipinski definition) is 3. The van der Waals surface area contributed by atoms with Gasteiger partial charge in [0.2, 0.25) is 0 Å². The molecule has 2 rings (SSSR count). The Morgan fingerprint density at radius 3 is 2.76 bits per heavy atom. The van der Waals surface area contributed by atoms with Crippen LogP contribution in [0, 0.1) is 25.2 Å². The molecule has 2 aromatic rings. The van der Waals surface area contributed by atoms with E-state index in [1.807, 2.05) is 25.1 Å². The van der Waals surface area contributed by atoms with Crippen molar-refractivity contribution >= 4 is 17.0 Å². The second-order valence-corrected chi connectivity index (χ2v) is 4.84. The number of hydrogen-bond donors (Lipinski definition) is 1. The maximum atomic E-state index is 9.03. The quantitative estimate of drug-likeness (QED) is 0.887. The zero-order chi connectivity index (χ0) is 12.3. The van der Waals surface area contributed by atoms with Crippen LogP contribution in [0.4, 0.5) is 5.69 Å². The van der Waals surface area contributed by atoms with Crippen molar-refractivity contribution in [2.45, 2.75) is 20.4 Å². The molecule has 0 aliphatic heterocycles. The van der Waals surface area contributed by atoms with Crippen molar-refractivity contribution in [3.63, 3.8) is 0 Å². The first kappa shape index (κ1) is 11.7. The predicted molar refractivity (Wildman–Crippen MR) is 72.3 cm³/mol. The lowest BCUT2D eigenvalue weighted by molar-refractivity contribution is 1.13. The Morgan fingerprint density at radius 1 is 1.29 bits per heavy atom. The van der Waals surface area contributed by atoms with Crippen molar-refractivity contribution in [3.05, 3.63) is 51.2 Å². The highest BCUT2D eigenvalue weighted by Crippen LogP contribution is 2.19. The van der Waals surface area contributed by atoms with Gasteiger partial charge in [0.25, 0.3) is 0 Å². The molecule has 0 saturated heterocycles. The fourth-order valence-corrected chi connectivity index (χ4v) is 2.52. The molecular formula is C14H14N2S. The Bertz CT molecular complexity index is 564. The number of nitrogens with zero attached hydrogens (tertiary/aromatic N) is 1. The number of thiophene rings is 1. The highest BCUT2D eigenvalue weighted by atomic mass is 32.1. The van der Waals surface area contributed by atoms with Crippen LogP contribution in [0.2, 0.25) is 0 Å². The van der Waals surface area contributed by atoms with E-state index in [2.05, 4.69) is 29.1 Å². The molecule has 0 radical (unpaired) electrons. The smallest absolute Gasteiger partial charge is 0.101 e. The summed E-state index contributed by atoms with van der Waals surface area (Å²) >= 11 is 1.71. The van der Waals surface area contributed by atoms with Crippen LogP contribution >= 0.6 is 11.3 Å². The third-order valence-electron chi connectivity index (χ3n) is 2.73. The average Bonchev–Trinajstić information content (AvgIpc) is 2.72. The summed E-state index contributed by atoms with van der Waals surface area (Å²) in [6, 6.07) is 8.04. The first-order valence-electron chi connectivity index (χ1n) is 5.47. The van der Waals surface area contributed by atoms with Crippen LogP contribution in [-0.4, -0.2) is 0 Å². The normalized spacial score (nSPS) is 9.94. The molecule has 0 unspecified atom stereocenters. The van der Waals surface area contributed by atoms with Crippen molar-refractivity contribution in [2.24, 2.45) is 0 Å². The number of nitriles is 1. The van der Waals surface area contributed by atoms with E-state index in [1.54, 1.807) is 11.3 Å². The zero-order valence-corrected chi connectivity index (χ0v) is 10.8. The van der Waals surface area contributed by atoms with Gasteiger partial charge in [0.05, 0.1) is 11.3 Å². The van der Waals surface area contributed by atoms with E-state index in [0.29, 0.717) is 5.56 Å². The summed E-state index contributed by atoms with van der Waals surface area (Å²) in [7, 11) is 0. The standard InChI is InChI=1S/C14H14N2S/c1-10-3-4-12(6-15)14(5-10)16-7-13-9-17-8-11(13)2/h3-5,8-9,16H,7H2,1-2H3. The molecule has 0 saturated carbocycles. The summed E-state index contributed by atoms with van der Waals surface area (Å²) in [5, 5.41) is 16.6. The second-order valence-electron chi connectivity index (χ2n) is 4.09. The van der Waals surface area contributed by atoms with Gasteiger partial charge in [0.1, 0.15) is 6.07 Å².